The number of aryl methyl sites for hydroxylation is 3. The zero-order valence-electron chi connectivity index (χ0n) is 18.1. The van der Waals surface area contributed by atoms with E-state index in [4.69, 9.17) is 4.99 Å². The quantitative estimate of drug-likeness (QED) is 0.233. The van der Waals surface area contributed by atoms with Crippen molar-refractivity contribution in [3.63, 3.8) is 0 Å². The average molecular weight is 521 g/mol. The lowest BCUT2D eigenvalue weighted by Gasteiger charge is -2.21. The van der Waals surface area contributed by atoms with Crippen molar-refractivity contribution in [2.75, 3.05) is 26.2 Å². The molecule has 162 valence electrons. The van der Waals surface area contributed by atoms with Gasteiger partial charge in [0, 0.05) is 51.9 Å². The Morgan fingerprint density at radius 3 is 2.90 bits per heavy atom. The minimum atomic E-state index is 0. The fourth-order valence-corrected chi connectivity index (χ4v) is 4.19. The average Bonchev–Trinajstić information content (AvgIpc) is 3.43. The number of para-hydroxylation sites is 2. The van der Waals surface area contributed by atoms with Crippen LogP contribution < -0.4 is 5.32 Å². The van der Waals surface area contributed by atoms with Gasteiger partial charge in [0.1, 0.15) is 5.82 Å². The third-order valence-corrected chi connectivity index (χ3v) is 5.67. The van der Waals surface area contributed by atoms with Gasteiger partial charge in [0.25, 0.3) is 0 Å². The summed E-state index contributed by atoms with van der Waals surface area (Å²) < 4.78 is 4.19. The van der Waals surface area contributed by atoms with E-state index in [1.54, 1.807) is 0 Å². The predicted molar refractivity (Wildman–Crippen MR) is 133 cm³/mol. The number of guanidine groups is 1. The molecule has 30 heavy (non-hydrogen) atoms. The molecule has 1 N–H and O–H groups in total. The second-order valence-corrected chi connectivity index (χ2v) is 7.77. The minimum Gasteiger partial charge on any atom is -0.357 e. The Hall–Kier alpha value is -2.10. The van der Waals surface area contributed by atoms with Gasteiger partial charge in [-0.15, -0.1) is 24.0 Å². The van der Waals surface area contributed by atoms with Gasteiger partial charge in [-0.05, 0) is 44.4 Å². The number of rotatable bonds is 6. The van der Waals surface area contributed by atoms with Crippen molar-refractivity contribution in [2.45, 2.75) is 39.2 Å². The van der Waals surface area contributed by atoms with Crippen LogP contribution in [0, 0.1) is 6.92 Å². The van der Waals surface area contributed by atoms with Crippen molar-refractivity contribution in [3.05, 3.63) is 48.0 Å². The lowest BCUT2D eigenvalue weighted by atomic mass is 10.0. The summed E-state index contributed by atoms with van der Waals surface area (Å²) in [4.78, 5) is 12.0. The van der Waals surface area contributed by atoms with E-state index in [1.807, 2.05) is 24.0 Å². The molecule has 2 aromatic heterocycles. The zero-order valence-corrected chi connectivity index (χ0v) is 20.4. The Balaban J connectivity index is 0.00000256. The van der Waals surface area contributed by atoms with E-state index in [0.717, 1.165) is 62.9 Å². The first-order chi connectivity index (χ1) is 14.2. The van der Waals surface area contributed by atoms with Crippen molar-refractivity contribution in [2.24, 2.45) is 12.0 Å². The van der Waals surface area contributed by atoms with Gasteiger partial charge in [-0.1, -0.05) is 12.1 Å². The topological polar surface area (TPSA) is 63.3 Å². The molecule has 4 rings (SSSR count). The number of hydrogen-bond donors (Lipinski definition) is 1. The molecule has 1 aromatic carbocycles. The maximum absolute atomic E-state index is 4.91. The van der Waals surface area contributed by atoms with Crippen molar-refractivity contribution in [1.29, 1.82) is 0 Å². The monoisotopic (exact) mass is 521 g/mol. The van der Waals surface area contributed by atoms with Crippen molar-refractivity contribution in [3.8, 4) is 0 Å². The van der Waals surface area contributed by atoms with Gasteiger partial charge in [0.2, 0.25) is 0 Å². The smallest absolute Gasteiger partial charge is 0.193 e. The van der Waals surface area contributed by atoms with Crippen LogP contribution in [0.2, 0.25) is 0 Å². The van der Waals surface area contributed by atoms with Gasteiger partial charge in [0.15, 0.2) is 5.96 Å². The molecule has 3 aromatic rings. The molecule has 0 aliphatic carbocycles. The molecule has 1 atom stereocenters. The minimum absolute atomic E-state index is 0. The number of fused-ring (bicyclic) bond motifs is 1. The van der Waals surface area contributed by atoms with E-state index in [-0.39, 0.29) is 24.0 Å². The Labute approximate surface area is 195 Å². The van der Waals surface area contributed by atoms with Crippen molar-refractivity contribution in [1.82, 2.24) is 29.5 Å². The van der Waals surface area contributed by atoms with Crippen LogP contribution >= 0.6 is 24.0 Å². The molecule has 1 aliphatic rings. The predicted octanol–water partition coefficient (Wildman–Crippen LogP) is 3.54. The summed E-state index contributed by atoms with van der Waals surface area (Å²) in [6.07, 6.45) is 6.28. The highest BCUT2D eigenvalue weighted by Gasteiger charge is 2.26. The molecule has 1 saturated heterocycles. The fraction of sp³-hybridized carbons (Fsp3) is 0.500. The van der Waals surface area contributed by atoms with Crippen LogP contribution in [0.3, 0.4) is 0 Å². The Morgan fingerprint density at radius 1 is 1.30 bits per heavy atom. The number of benzene rings is 1. The summed E-state index contributed by atoms with van der Waals surface area (Å²) in [5, 5.41) is 7.80. The van der Waals surface area contributed by atoms with E-state index in [0.29, 0.717) is 5.92 Å². The summed E-state index contributed by atoms with van der Waals surface area (Å²) in [5.41, 5.74) is 3.61. The third-order valence-electron chi connectivity index (χ3n) is 5.67. The number of nitrogens with zero attached hydrogens (tertiary/aromatic N) is 6. The van der Waals surface area contributed by atoms with Gasteiger partial charge in [0.05, 0.1) is 17.2 Å². The first-order valence-corrected chi connectivity index (χ1v) is 10.6. The molecule has 7 nitrogen and oxygen atoms in total. The number of aromatic nitrogens is 4. The second-order valence-electron chi connectivity index (χ2n) is 7.77. The maximum Gasteiger partial charge on any atom is 0.193 e. The second kappa shape index (κ2) is 10.3. The summed E-state index contributed by atoms with van der Waals surface area (Å²) in [6, 6.07) is 8.34. The highest BCUT2D eigenvalue weighted by Crippen LogP contribution is 2.26. The molecule has 0 amide bonds. The molecular formula is C22H32IN7. The van der Waals surface area contributed by atoms with E-state index < -0.39 is 0 Å². The summed E-state index contributed by atoms with van der Waals surface area (Å²) in [7, 11) is 1.98. The number of imidazole rings is 1. The fourth-order valence-electron chi connectivity index (χ4n) is 4.19. The lowest BCUT2D eigenvalue weighted by Crippen LogP contribution is -2.40. The summed E-state index contributed by atoms with van der Waals surface area (Å²) >= 11 is 0. The Bertz CT molecular complexity index is 990. The number of likely N-dealkylation sites (tertiary alicyclic amines) is 1. The Morgan fingerprint density at radius 2 is 2.13 bits per heavy atom. The molecule has 0 bridgehead atoms. The third kappa shape index (κ3) is 4.96. The largest absolute Gasteiger partial charge is 0.357 e. The number of nitrogens with one attached hydrogen (secondary N) is 1. The van der Waals surface area contributed by atoms with Gasteiger partial charge >= 0.3 is 0 Å². The SMILES string of the molecule is CCNC(=NCCCn1c(C)nc2ccccc21)N1CCC(c2cnn(C)c2)C1.I. The van der Waals surface area contributed by atoms with Crippen LogP contribution in [0.15, 0.2) is 41.7 Å². The number of hydrogen-bond acceptors (Lipinski definition) is 3. The zero-order chi connectivity index (χ0) is 20.2. The molecule has 0 radical (unpaired) electrons. The maximum atomic E-state index is 4.91. The van der Waals surface area contributed by atoms with Crippen molar-refractivity contribution < 1.29 is 0 Å². The number of halogens is 1. The molecule has 1 unspecified atom stereocenters. The molecule has 0 spiro atoms. The number of aliphatic imine (C=N–C) groups is 1. The molecule has 1 aliphatic heterocycles. The van der Waals surface area contributed by atoms with Crippen LogP contribution in [0.5, 0.6) is 0 Å². The van der Waals surface area contributed by atoms with Gasteiger partial charge in [-0.3, -0.25) is 9.67 Å². The van der Waals surface area contributed by atoms with Gasteiger partial charge in [-0.25, -0.2) is 4.98 Å². The van der Waals surface area contributed by atoms with Crippen LogP contribution in [0.25, 0.3) is 11.0 Å². The summed E-state index contributed by atoms with van der Waals surface area (Å²) in [6.45, 7) is 8.88. The molecule has 1 fully saturated rings. The highest BCUT2D eigenvalue weighted by molar-refractivity contribution is 14.0. The Kier molecular flexibility index (Phi) is 7.74. The highest BCUT2D eigenvalue weighted by atomic mass is 127. The lowest BCUT2D eigenvalue weighted by molar-refractivity contribution is 0.484. The van der Waals surface area contributed by atoms with Gasteiger partial charge in [-0.2, -0.15) is 5.10 Å². The van der Waals surface area contributed by atoms with Crippen LogP contribution in [0.4, 0.5) is 0 Å². The van der Waals surface area contributed by atoms with E-state index in [2.05, 4.69) is 63.1 Å². The standard InChI is InChI=1S/C22H31N7.HI/c1-4-23-22(28-13-10-18(16-28)19-14-25-27(3)15-19)24-11-7-12-29-17(2)26-20-8-5-6-9-21(20)29;/h5-6,8-9,14-15,18H,4,7,10-13,16H2,1-3H3,(H,23,24);1H. The first-order valence-electron chi connectivity index (χ1n) is 10.6. The molecule has 0 saturated carbocycles. The van der Waals surface area contributed by atoms with Crippen molar-refractivity contribution >= 4 is 41.0 Å². The molecule has 8 heteroatoms. The van der Waals surface area contributed by atoms with Crippen LogP contribution in [-0.4, -0.2) is 56.4 Å². The molecule has 3 heterocycles. The van der Waals surface area contributed by atoms with E-state index >= 15 is 0 Å². The summed E-state index contributed by atoms with van der Waals surface area (Å²) in [5.74, 6) is 2.64. The van der Waals surface area contributed by atoms with Gasteiger partial charge < -0.3 is 14.8 Å². The normalized spacial score (nSPS) is 16.8. The van der Waals surface area contributed by atoms with Crippen LogP contribution in [-0.2, 0) is 13.6 Å². The van der Waals surface area contributed by atoms with E-state index in [9.17, 15) is 0 Å². The first kappa shape index (κ1) is 22.6. The molecular weight excluding hydrogens is 489 g/mol. The van der Waals surface area contributed by atoms with E-state index in [1.165, 1.54) is 11.1 Å². The van der Waals surface area contributed by atoms with Crippen LogP contribution in [0.1, 0.15) is 37.1 Å².